The molecule has 4 nitrogen and oxygen atoms in total. The zero-order valence-electron chi connectivity index (χ0n) is 10.1. The van der Waals surface area contributed by atoms with Crippen LogP contribution in [0.5, 0.6) is 0 Å². The van der Waals surface area contributed by atoms with Gasteiger partial charge in [-0.2, -0.15) is 10.2 Å². The largest absolute Gasteiger partial charge is 0.251 e. The molecule has 0 aliphatic heterocycles. The van der Waals surface area contributed by atoms with E-state index in [1.54, 1.807) is 12.4 Å². The van der Waals surface area contributed by atoms with E-state index in [1.165, 1.54) is 0 Å². The summed E-state index contributed by atoms with van der Waals surface area (Å²) in [5.41, 5.74) is 3.62. The fraction of sp³-hybridized carbons (Fsp3) is 0.500. The predicted octanol–water partition coefficient (Wildman–Crippen LogP) is 2.67. The Morgan fingerprint density at radius 3 is 1.44 bits per heavy atom. The van der Waals surface area contributed by atoms with Crippen LogP contribution in [0.15, 0.2) is 12.4 Å². The SMILES string of the molecule is CC(C)c1nnc(C(C)C)c2nccnc12. The molecular formula is C12H16N4. The molecule has 0 unspecified atom stereocenters. The van der Waals surface area contributed by atoms with Crippen LogP contribution < -0.4 is 0 Å². The third-order valence-electron chi connectivity index (χ3n) is 2.54. The first-order valence-electron chi connectivity index (χ1n) is 5.58. The van der Waals surface area contributed by atoms with Gasteiger partial charge in [0.1, 0.15) is 11.0 Å². The van der Waals surface area contributed by atoms with Gasteiger partial charge >= 0.3 is 0 Å². The summed E-state index contributed by atoms with van der Waals surface area (Å²) in [7, 11) is 0. The molecule has 0 aliphatic rings. The predicted molar refractivity (Wildman–Crippen MR) is 63.3 cm³/mol. The Hall–Kier alpha value is -1.58. The van der Waals surface area contributed by atoms with E-state index in [2.05, 4.69) is 47.9 Å². The van der Waals surface area contributed by atoms with E-state index in [4.69, 9.17) is 0 Å². The van der Waals surface area contributed by atoms with Crippen molar-refractivity contribution in [1.82, 2.24) is 20.2 Å². The smallest absolute Gasteiger partial charge is 0.114 e. The van der Waals surface area contributed by atoms with Crippen LogP contribution in [0.4, 0.5) is 0 Å². The van der Waals surface area contributed by atoms with E-state index in [9.17, 15) is 0 Å². The van der Waals surface area contributed by atoms with Crippen molar-refractivity contribution in [2.75, 3.05) is 0 Å². The van der Waals surface area contributed by atoms with E-state index in [1.807, 2.05) is 0 Å². The molecule has 0 atom stereocenters. The maximum Gasteiger partial charge on any atom is 0.114 e. The molecule has 2 rings (SSSR count). The van der Waals surface area contributed by atoms with Crippen molar-refractivity contribution in [3.8, 4) is 0 Å². The Bertz CT molecular complexity index is 459. The molecule has 0 saturated carbocycles. The van der Waals surface area contributed by atoms with Gasteiger partial charge in [-0.1, -0.05) is 27.7 Å². The highest BCUT2D eigenvalue weighted by Gasteiger charge is 2.15. The molecule has 16 heavy (non-hydrogen) atoms. The third-order valence-corrected chi connectivity index (χ3v) is 2.54. The maximum absolute atomic E-state index is 4.38. The van der Waals surface area contributed by atoms with Gasteiger partial charge in [0.2, 0.25) is 0 Å². The van der Waals surface area contributed by atoms with Crippen LogP contribution in [-0.4, -0.2) is 20.2 Å². The summed E-state index contributed by atoms with van der Waals surface area (Å²) in [6, 6.07) is 0. The molecule has 0 radical (unpaired) electrons. The van der Waals surface area contributed by atoms with Gasteiger partial charge in [0, 0.05) is 12.4 Å². The van der Waals surface area contributed by atoms with Crippen LogP contribution in [0.1, 0.15) is 50.9 Å². The van der Waals surface area contributed by atoms with Crippen molar-refractivity contribution in [2.24, 2.45) is 0 Å². The molecule has 84 valence electrons. The first kappa shape index (κ1) is 10.9. The molecule has 0 amide bonds. The minimum Gasteiger partial charge on any atom is -0.251 e. The molecule has 0 fully saturated rings. The van der Waals surface area contributed by atoms with Gasteiger partial charge < -0.3 is 0 Å². The van der Waals surface area contributed by atoms with Crippen molar-refractivity contribution in [3.05, 3.63) is 23.8 Å². The number of hydrogen-bond acceptors (Lipinski definition) is 4. The van der Waals surface area contributed by atoms with Crippen LogP contribution in [0.25, 0.3) is 11.0 Å². The Morgan fingerprint density at radius 2 is 1.12 bits per heavy atom. The van der Waals surface area contributed by atoms with Crippen LogP contribution in [-0.2, 0) is 0 Å². The van der Waals surface area contributed by atoms with Crippen LogP contribution in [0.3, 0.4) is 0 Å². The molecule has 0 aliphatic carbocycles. The summed E-state index contributed by atoms with van der Waals surface area (Å²) < 4.78 is 0. The van der Waals surface area contributed by atoms with E-state index < -0.39 is 0 Å². The van der Waals surface area contributed by atoms with Crippen molar-refractivity contribution < 1.29 is 0 Å². The van der Waals surface area contributed by atoms with Gasteiger partial charge in [-0.25, -0.2) is 0 Å². The molecule has 2 heterocycles. The summed E-state index contributed by atoms with van der Waals surface area (Å²) in [5, 5.41) is 8.55. The zero-order valence-corrected chi connectivity index (χ0v) is 10.1. The molecular weight excluding hydrogens is 200 g/mol. The second-order valence-electron chi connectivity index (χ2n) is 4.53. The minimum absolute atomic E-state index is 0.313. The van der Waals surface area contributed by atoms with E-state index in [-0.39, 0.29) is 0 Å². The molecule has 0 N–H and O–H groups in total. The van der Waals surface area contributed by atoms with Gasteiger partial charge in [-0.15, -0.1) is 0 Å². The topological polar surface area (TPSA) is 51.6 Å². The second kappa shape index (κ2) is 4.12. The average molecular weight is 216 g/mol. The highest BCUT2D eigenvalue weighted by Crippen LogP contribution is 2.24. The van der Waals surface area contributed by atoms with Gasteiger partial charge in [0.15, 0.2) is 0 Å². The maximum atomic E-state index is 4.38. The van der Waals surface area contributed by atoms with E-state index >= 15 is 0 Å². The van der Waals surface area contributed by atoms with Crippen LogP contribution in [0, 0.1) is 0 Å². The number of nitrogens with zero attached hydrogens (tertiary/aromatic N) is 4. The first-order chi connectivity index (χ1) is 7.61. The fourth-order valence-corrected chi connectivity index (χ4v) is 1.69. The van der Waals surface area contributed by atoms with Crippen molar-refractivity contribution >= 4 is 11.0 Å². The Morgan fingerprint density at radius 1 is 0.750 bits per heavy atom. The average Bonchev–Trinajstić information content (AvgIpc) is 2.27. The normalized spacial score (nSPS) is 11.6. The summed E-state index contributed by atoms with van der Waals surface area (Å²) in [5.74, 6) is 0.626. The molecule has 0 saturated heterocycles. The summed E-state index contributed by atoms with van der Waals surface area (Å²) >= 11 is 0. The molecule has 4 heteroatoms. The highest BCUT2D eigenvalue weighted by molar-refractivity contribution is 5.78. The van der Waals surface area contributed by atoms with E-state index in [0.717, 1.165) is 22.4 Å². The van der Waals surface area contributed by atoms with Crippen LogP contribution in [0.2, 0.25) is 0 Å². The molecule has 0 aromatic carbocycles. The molecule has 2 aromatic rings. The second-order valence-corrected chi connectivity index (χ2v) is 4.53. The number of rotatable bonds is 2. The number of hydrogen-bond donors (Lipinski definition) is 0. The van der Waals surface area contributed by atoms with Crippen molar-refractivity contribution in [1.29, 1.82) is 0 Å². The lowest BCUT2D eigenvalue weighted by Gasteiger charge is -2.11. The minimum atomic E-state index is 0.313. The molecule has 0 spiro atoms. The zero-order chi connectivity index (χ0) is 11.7. The van der Waals surface area contributed by atoms with Gasteiger partial charge in [0.25, 0.3) is 0 Å². The standard InChI is InChI=1S/C12H16N4/c1-7(2)9-11-12(14-6-5-13-11)10(8(3)4)16-15-9/h5-8H,1-4H3. The fourth-order valence-electron chi connectivity index (χ4n) is 1.69. The Balaban J connectivity index is 2.77. The highest BCUT2D eigenvalue weighted by atomic mass is 15.1. The van der Waals surface area contributed by atoms with Crippen LogP contribution >= 0.6 is 0 Å². The van der Waals surface area contributed by atoms with Gasteiger partial charge in [-0.05, 0) is 11.8 Å². The van der Waals surface area contributed by atoms with Gasteiger partial charge in [-0.3, -0.25) is 9.97 Å². The van der Waals surface area contributed by atoms with Gasteiger partial charge in [0.05, 0.1) is 11.4 Å². The summed E-state index contributed by atoms with van der Waals surface area (Å²) in [6.45, 7) is 8.36. The first-order valence-corrected chi connectivity index (χ1v) is 5.58. The quantitative estimate of drug-likeness (QED) is 0.774. The summed E-state index contributed by atoms with van der Waals surface area (Å²) in [4.78, 5) is 8.76. The number of fused-ring (bicyclic) bond motifs is 1. The monoisotopic (exact) mass is 216 g/mol. The lowest BCUT2D eigenvalue weighted by Crippen LogP contribution is -2.05. The molecule has 0 bridgehead atoms. The number of aromatic nitrogens is 4. The van der Waals surface area contributed by atoms with Crippen molar-refractivity contribution in [2.45, 2.75) is 39.5 Å². The summed E-state index contributed by atoms with van der Waals surface area (Å²) in [6.07, 6.45) is 3.42. The van der Waals surface area contributed by atoms with Crippen molar-refractivity contribution in [3.63, 3.8) is 0 Å². The van der Waals surface area contributed by atoms with E-state index in [0.29, 0.717) is 11.8 Å². The molecule has 2 aromatic heterocycles. The lowest BCUT2D eigenvalue weighted by atomic mass is 10.0. The lowest BCUT2D eigenvalue weighted by molar-refractivity contribution is 0.744. The Labute approximate surface area is 95.1 Å². The Kier molecular flexibility index (Phi) is 2.81. The third kappa shape index (κ3) is 1.75.